The molecule has 116 valence electrons. The van der Waals surface area contributed by atoms with Crippen LogP contribution in [0.3, 0.4) is 0 Å². The number of amides is 2. The van der Waals surface area contributed by atoms with Gasteiger partial charge in [-0.05, 0) is 35.9 Å². The van der Waals surface area contributed by atoms with Crippen LogP contribution in [0.2, 0.25) is 0 Å². The maximum Gasteiger partial charge on any atom is 0.321 e. The van der Waals surface area contributed by atoms with Crippen LogP contribution in [-0.2, 0) is 6.54 Å². The highest BCUT2D eigenvalue weighted by Gasteiger charge is 2.09. The average molecular weight is 305 g/mol. The molecule has 0 spiro atoms. The summed E-state index contributed by atoms with van der Waals surface area (Å²) in [5.74, 6) is 0. The summed E-state index contributed by atoms with van der Waals surface area (Å²) in [5.41, 5.74) is 2.89. The van der Waals surface area contributed by atoms with E-state index in [0.29, 0.717) is 6.54 Å². The van der Waals surface area contributed by atoms with Crippen LogP contribution in [-0.4, -0.2) is 22.5 Å². The van der Waals surface area contributed by atoms with Crippen LogP contribution in [0, 0.1) is 0 Å². The number of aromatic nitrogens is 1. The lowest BCUT2D eigenvalue weighted by Crippen LogP contribution is -2.30. The van der Waals surface area contributed by atoms with Gasteiger partial charge in [-0.3, -0.25) is 0 Å². The number of nitrogens with one attached hydrogen (secondary N) is 1. The van der Waals surface area contributed by atoms with E-state index in [1.165, 1.54) is 0 Å². The van der Waals surface area contributed by atoms with Gasteiger partial charge in [0.25, 0.3) is 0 Å². The van der Waals surface area contributed by atoms with Gasteiger partial charge in [0.05, 0.1) is 0 Å². The van der Waals surface area contributed by atoms with Crippen molar-refractivity contribution in [1.82, 2.24) is 9.47 Å². The van der Waals surface area contributed by atoms with Crippen LogP contribution < -0.4 is 5.32 Å². The molecule has 0 aliphatic heterocycles. The first kappa shape index (κ1) is 14.9. The van der Waals surface area contributed by atoms with Gasteiger partial charge in [-0.15, -0.1) is 0 Å². The number of benzene rings is 2. The van der Waals surface area contributed by atoms with Crippen LogP contribution in [0.1, 0.15) is 5.56 Å². The van der Waals surface area contributed by atoms with Gasteiger partial charge >= 0.3 is 6.03 Å². The Morgan fingerprint density at radius 2 is 1.74 bits per heavy atom. The minimum atomic E-state index is -0.126. The zero-order valence-electron chi connectivity index (χ0n) is 13.0. The monoisotopic (exact) mass is 305 g/mol. The molecule has 3 rings (SSSR count). The summed E-state index contributed by atoms with van der Waals surface area (Å²) < 4.78 is 2.00. The number of hydrogen-bond donors (Lipinski definition) is 1. The Bertz CT molecular complexity index is 766. The largest absolute Gasteiger partial charge is 0.324 e. The van der Waals surface area contributed by atoms with Crippen molar-refractivity contribution in [1.29, 1.82) is 0 Å². The molecular formula is C19H19N3O. The first-order valence-electron chi connectivity index (χ1n) is 7.52. The fourth-order valence-corrected chi connectivity index (χ4v) is 2.40. The van der Waals surface area contributed by atoms with E-state index in [-0.39, 0.29) is 6.03 Å². The summed E-state index contributed by atoms with van der Waals surface area (Å²) in [7, 11) is 1.79. The predicted octanol–water partition coefficient (Wildman–Crippen LogP) is 4.14. The summed E-state index contributed by atoms with van der Waals surface area (Å²) in [4.78, 5) is 14.0. The molecule has 0 aliphatic rings. The van der Waals surface area contributed by atoms with Crippen molar-refractivity contribution in [2.75, 3.05) is 12.4 Å². The van der Waals surface area contributed by atoms with Crippen LogP contribution in [0.5, 0.6) is 0 Å². The van der Waals surface area contributed by atoms with E-state index in [4.69, 9.17) is 0 Å². The summed E-state index contributed by atoms with van der Waals surface area (Å²) in [6.07, 6.45) is 3.95. The van der Waals surface area contributed by atoms with Gasteiger partial charge in [0, 0.05) is 37.4 Å². The second-order valence-electron chi connectivity index (χ2n) is 5.41. The molecule has 0 saturated heterocycles. The van der Waals surface area contributed by atoms with E-state index in [0.717, 1.165) is 16.9 Å². The van der Waals surface area contributed by atoms with E-state index in [1.807, 2.05) is 83.7 Å². The number of nitrogens with zero attached hydrogens (tertiary/aromatic N) is 2. The highest BCUT2D eigenvalue weighted by Crippen LogP contribution is 2.15. The van der Waals surface area contributed by atoms with Gasteiger partial charge < -0.3 is 14.8 Å². The Labute approximate surface area is 136 Å². The van der Waals surface area contributed by atoms with Crippen molar-refractivity contribution in [2.45, 2.75) is 6.54 Å². The molecule has 2 aromatic carbocycles. The maximum atomic E-state index is 12.3. The quantitative estimate of drug-likeness (QED) is 0.773. The molecule has 4 heteroatoms. The number of urea groups is 1. The Morgan fingerprint density at radius 1 is 1.00 bits per heavy atom. The molecule has 23 heavy (non-hydrogen) atoms. The molecule has 1 N–H and O–H groups in total. The maximum absolute atomic E-state index is 12.3. The third-order valence-electron chi connectivity index (χ3n) is 3.61. The third kappa shape index (κ3) is 3.80. The second-order valence-corrected chi connectivity index (χ2v) is 5.41. The normalized spacial score (nSPS) is 10.3. The minimum absolute atomic E-state index is 0.126. The lowest BCUT2D eigenvalue weighted by Gasteiger charge is -2.18. The molecule has 4 nitrogen and oxygen atoms in total. The molecule has 0 bridgehead atoms. The minimum Gasteiger partial charge on any atom is -0.324 e. The van der Waals surface area contributed by atoms with E-state index >= 15 is 0 Å². The molecule has 3 aromatic rings. The first-order valence-corrected chi connectivity index (χ1v) is 7.52. The van der Waals surface area contributed by atoms with Gasteiger partial charge in [0.15, 0.2) is 0 Å². The smallest absolute Gasteiger partial charge is 0.321 e. The SMILES string of the molecule is CN(Cc1ccccc1)C(=O)Nc1cccc(-n2cccc2)c1. The van der Waals surface area contributed by atoms with E-state index in [9.17, 15) is 4.79 Å². The number of anilines is 1. The topological polar surface area (TPSA) is 37.3 Å². The van der Waals surface area contributed by atoms with Gasteiger partial charge in [-0.1, -0.05) is 36.4 Å². The Kier molecular flexibility index (Phi) is 4.43. The fourth-order valence-electron chi connectivity index (χ4n) is 2.40. The number of carbonyl (C=O) groups is 1. The Morgan fingerprint density at radius 3 is 2.48 bits per heavy atom. The molecule has 0 radical (unpaired) electrons. The van der Waals surface area contributed by atoms with Gasteiger partial charge in [-0.2, -0.15) is 0 Å². The molecule has 0 fully saturated rings. The van der Waals surface area contributed by atoms with Crippen LogP contribution >= 0.6 is 0 Å². The standard InChI is InChI=1S/C19H19N3O/c1-21(15-16-8-3-2-4-9-16)19(23)20-17-10-7-11-18(14-17)22-12-5-6-13-22/h2-14H,15H2,1H3,(H,20,23). The molecule has 1 heterocycles. The molecule has 0 aliphatic carbocycles. The zero-order chi connectivity index (χ0) is 16.1. The number of hydrogen-bond acceptors (Lipinski definition) is 1. The van der Waals surface area contributed by atoms with Crippen LogP contribution in [0.15, 0.2) is 79.1 Å². The first-order chi connectivity index (χ1) is 11.2. The number of carbonyl (C=O) groups excluding carboxylic acids is 1. The van der Waals surface area contributed by atoms with Gasteiger partial charge in [0.1, 0.15) is 0 Å². The summed E-state index contributed by atoms with van der Waals surface area (Å²) >= 11 is 0. The summed E-state index contributed by atoms with van der Waals surface area (Å²) in [5, 5.41) is 2.94. The second kappa shape index (κ2) is 6.83. The molecule has 1 aromatic heterocycles. The van der Waals surface area contributed by atoms with E-state index < -0.39 is 0 Å². The highest BCUT2D eigenvalue weighted by atomic mass is 16.2. The molecule has 0 saturated carbocycles. The molecular weight excluding hydrogens is 286 g/mol. The summed E-state index contributed by atoms with van der Waals surface area (Å²) in [6.45, 7) is 0.573. The van der Waals surface area contributed by atoms with Crippen molar-refractivity contribution in [2.24, 2.45) is 0 Å². The van der Waals surface area contributed by atoms with Gasteiger partial charge in [-0.25, -0.2) is 4.79 Å². The Hall–Kier alpha value is -3.01. The lowest BCUT2D eigenvalue weighted by molar-refractivity contribution is 0.220. The van der Waals surface area contributed by atoms with Crippen molar-refractivity contribution in [3.63, 3.8) is 0 Å². The van der Waals surface area contributed by atoms with Crippen LogP contribution in [0.4, 0.5) is 10.5 Å². The van der Waals surface area contributed by atoms with Crippen molar-refractivity contribution < 1.29 is 4.79 Å². The molecule has 2 amide bonds. The van der Waals surface area contributed by atoms with Gasteiger partial charge in [0.2, 0.25) is 0 Å². The van der Waals surface area contributed by atoms with Crippen molar-refractivity contribution in [3.05, 3.63) is 84.7 Å². The van der Waals surface area contributed by atoms with Crippen molar-refractivity contribution >= 4 is 11.7 Å². The summed E-state index contributed by atoms with van der Waals surface area (Å²) in [6, 6.07) is 21.5. The van der Waals surface area contributed by atoms with Crippen LogP contribution in [0.25, 0.3) is 5.69 Å². The highest BCUT2D eigenvalue weighted by molar-refractivity contribution is 5.89. The Balaban J connectivity index is 1.67. The van der Waals surface area contributed by atoms with E-state index in [2.05, 4.69) is 5.32 Å². The zero-order valence-corrected chi connectivity index (χ0v) is 13.0. The molecule has 0 atom stereocenters. The number of rotatable bonds is 4. The van der Waals surface area contributed by atoms with Crippen molar-refractivity contribution in [3.8, 4) is 5.69 Å². The van der Waals surface area contributed by atoms with E-state index in [1.54, 1.807) is 11.9 Å². The average Bonchev–Trinajstić information content (AvgIpc) is 3.10. The molecule has 0 unspecified atom stereocenters. The lowest BCUT2D eigenvalue weighted by atomic mass is 10.2. The predicted molar refractivity (Wildman–Crippen MR) is 92.7 cm³/mol. The third-order valence-corrected chi connectivity index (χ3v) is 3.61. The fraction of sp³-hybridized carbons (Fsp3) is 0.105.